The van der Waals surface area contributed by atoms with Gasteiger partial charge in [0.15, 0.2) is 0 Å². The van der Waals surface area contributed by atoms with E-state index in [1.54, 1.807) is 17.9 Å². The zero-order valence-corrected chi connectivity index (χ0v) is 8.74. The molecule has 74 valence electrons. The van der Waals surface area contributed by atoms with Crippen molar-refractivity contribution < 1.29 is 0 Å². The zero-order valence-electron chi connectivity index (χ0n) is 8.74. The van der Waals surface area contributed by atoms with Gasteiger partial charge in [0.05, 0.1) is 0 Å². The lowest BCUT2D eigenvalue weighted by atomic mass is 9.92. The molecular formula is C9H17N3O. The van der Waals surface area contributed by atoms with Gasteiger partial charge in [-0.25, -0.2) is 9.48 Å². The largest absolute Gasteiger partial charge is 0.345 e. The summed E-state index contributed by atoms with van der Waals surface area (Å²) in [5, 5.41) is 3.88. The summed E-state index contributed by atoms with van der Waals surface area (Å²) in [7, 11) is 1.66. The normalized spacial score (nSPS) is 12.0. The van der Waals surface area contributed by atoms with Crippen LogP contribution in [0.25, 0.3) is 0 Å². The number of aryl methyl sites for hydroxylation is 2. The van der Waals surface area contributed by atoms with Crippen LogP contribution in [0.4, 0.5) is 0 Å². The Morgan fingerprint density at radius 2 is 2.08 bits per heavy atom. The average molecular weight is 183 g/mol. The van der Waals surface area contributed by atoms with E-state index in [1.165, 1.54) is 4.68 Å². The smallest absolute Gasteiger partial charge is 0.282 e. The van der Waals surface area contributed by atoms with E-state index < -0.39 is 0 Å². The second-order valence-corrected chi connectivity index (χ2v) is 4.54. The van der Waals surface area contributed by atoms with Gasteiger partial charge in [-0.15, -0.1) is 0 Å². The minimum Gasteiger partial charge on any atom is -0.282 e. The fourth-order valence-corrected chi connectivity index (χ4v) is 1.03. The molecule has 1 rings (SSSR count). The number of nitrogens with zero attached hydrogens (tertiary/aromatic N) is 3. The van der Waals surface area contributed by atoms with Crippen LogP contribution in [0.2, 0.25) is 0 Å². The molecule has 0 aromatic carbocycles. The van der Waals surface area contributed by atoms with Crippen molar-refractivity contribution in [2.45, 2.75) is 33.7 Å². The summed E-state index contributed by atoms with van der Waals surface area (Å²) in [5.74, 6) is 0. The minimum atomic E-state index is -0.0377. The van der Waals surface area contributed by atoms with Gasteiger partial charge in [0.2, 0.25) is 0 Å². The highest BCUT2D eigenvalue weighted by Gasteiger charge is 2.11. The van der Waals surface area contributed by atoms with Crippen LogP contribution in [-0.2, 0) is 13.6 Å². The van der Waals surface area contributed by atoms with Crippen molar-refractivity contribution in [2.24, 2.45) is 12.5 Å². The van der Waals surface area contributed by atoms with Crippen molar-refractivity contribution in [2.75, 3.05) is 0 Å². The molecule has 1 heterocycles. The lowest BCUT2D eigenvalue weighted by molar-refractivity contribution is 0.347. The molecule has 0 saturated carbocycles. The summed E-state index contributed by atoms with van der Waals surface area (Å²) >= 11 is 0. The molecule has 0 N–H and O–H groups in total. The van der Waals surface area contributed by atoms with Crippen molar-refractivity contribution in [3.8, 4) is 0 Å². The van der Waals surface area contributed by atoms with Crippen LogP contribution in [0.15, 0.2) is 11.1 Å². The monoisotopic (exact) mass is 183 g/mol. The van der Waals surface area contributed by atoms with Crippen LogP contribution in [0.3, 0.4) is 0 Å². The molecule has 0 aliphatic rings. The van der Waals surface area contributed by atoms with E-state index in [4.69, 9.17) is 0 Å². The third kappa shape index (κ3) is 2.72. The van der Waals surface area contributed by atoms with E-state index in [2.05, 4.69) is 25.9 Å². The maximum Gasteiger partial charge on any atom is 0.345 e. The van der Waals surface area contributed by atoms with E-state index in [1.807, 2.05) is 0 Å². The van der Waals surface area contributed by atoms with Crippen molar-refractivity contribution >= 4 is 0 Å². The summed E-state index contributed by atoms with van der Waals surface area (Å²) in [5.41, 5.74) is 0.221. The molecule has 0 fully saturated rings. The molecule has 0 aliphatic heterocycles. The topological polar surface area (TPSA) is 39.8 Å². The van der Waals surface area contributed by atoms with Gasteiger partial charge in [-0.3, -0.25) is 4.57 Å². The van der Waals surface area contributed by atoms with Crippen molar-refractivity contribution in [3.05, 3.63) is 16.8 Å². The second kappa shape index (κ2) is 3.36. The van der Waals surface area contributed by atoms with Crippen LogP contribution < -0.4 is 5.69 Å². The predicted octanol–water partition coefficient (Wildman–Crippen LogP) is 1.02. The van der Waals surface area contributed by atoms with Crippen LogP contribution >= 0.6 is 0 Å². The number of aromatic nitrogens is 3. The summed E-state index contributed by atoms with van der Waals surface area (Å²) in [6.07, 6.45) is 2.58. The Morgan fingerprint density at radius 1 is 1.46 bits per heavy atom. The third-order valence-electron chi connectivity index (χ3n) is 1.99. The third-order valence-corrected chi connectivity index (χ3v) is 1.99. The molecule has 0 atom stereocenters. The van der Waals surface area contributed by atoms with Gasteiger partial charge in [0.25, 0.3) is 0 Å². The first-order valence-electron chi connectivity index (χ1n) is 4.48. The SMILES string of the molecule is Cn1ncn(CCC(C)(C)C)c1=O. The van der Waals surface area contributed by atoms with Gasteiger partial charge < -0.3 is 0 Å². The minimum absolute atomic E-state index is 0.0377. The second-order valence-electron chi connectivity index (χ2n) is 4.54. The maximum absolute atomic E-state index is 11.3. The Kier molecular flexibility index (Phi) is 2.59. The standard InChI is InChI=1S/C9H17N3O/c1-9(2,3)5-6-12-7-10-11(4)8(12)13/h7H,5-6H2,1-4H3. The fraction of sp³-hybridized carbons (Fsp3) is 0.778. The molecule has 0 aliphatic carbocycles. The molecule has 0 unspecified atom stereocenters. The van der Waals surface area contributed by atoms with Crippen LogP contribution in [-0.4, -0.2) is 14.3 Å². The zero-order chi connectivity index (χ0) is 10.1. The average Bonchev–Trinajstić information content (AvgIpc) is 2.29. The lowest BCUT2D eigenvalue weighted by Gasteiger charge is -2.17. The summed E-state index contributed by atoms with van der Waals surface area (Å²) < 4.78 is 2.99. The molecule has 4 heteroatoms. The molecule has 0 radical (unpaired) electrons. The highest BCUT2D eigenvalue weighted by molar-refractivity contribution is 4.69. The Labute approximate surface area is 78.2 Å². The van der Waals surface area contributed by atoms with Crippen LogP contribution in [0, 0.1) is 5.41 Å². The maximum atomic E-state index is 11.3. The van der Waals surface area contributed by atoms with Gasteiger partial charge in [-0.2, -0.15) is 5.10 Å². The van der Waals surface area contributed by atoms with Crippen LogP contribution in [0.5, 0.6) is 0 Å². The predicted molar refractivity (Wildman–Crippen MR) is 51.5 cm³/mol. The van der Waals surface area contributed by atoms with E-state index >= 15 is 0 Å². The fourth-order valence-electron chi connectivity index (χ4n) is 1.03. The van der Waals surface area contributed by atoms with Gasteiger partial charge in [0.1, 0.15) is 6.33 Å². The molecule has 0 bridgehead atoms. The highest BCUT2D eigenvalue weighted by atomic mass is 16.2. The summed E-state index contributed by atoms with van der Waals surface area (Å²) in [4.78, 5) is 11.3. The first kappa shape index (κ1) is 10.0. The molecule has 0 amide bonds. The Hall–Kier alpha value is -1.06. The first-order valence-corrected chi connectivity index (χ1v) is 4.48. The Balaban J connectivity index is 2.66. The molecule has 1 aromatic rings. The Morgan fingerprint density at radius 3 is 2.46 bits per heavy atom. The summed E-state index contributed by atoms with van der Waals surface area (Å²) in [6.45, 7) is 7.23. The van der Waals surface area contributed by atoms with Gasteiger partial charge >= 0.3 is 5.69 Å². The highest BCUT2D eigenvalue weighted by Crippen LogP contribution is 2.18. The molecule has 0 saturated heterocycles. The quantitative estimate of drug-likeness (QED) is 0.686. The van der Waals surface area contributed by atoms with E-state index in [-0.39, 0.29) is 11.1 Å². The molecule has 4 nitrogen and oxygen atoms in total. The first-order chi connectivity index (χ1) is 5.90. The van der Waals surface area contributed by atoms with Crippen LogP contribution in [0.1, 0.15) is 27.2 Å². The molecular weight excluding hydrogens is 166 g/mol. The molecule has 13 heavy (non-hydrogen) atoms. The van der Waals surface area contributed by atoms with E-state index in [9.17, 15) is 4.79 Å². The van der Waals surface area contributed by atoms with Gasteiger partial charge in [-0.1, -0.05) is 20.8 Å². The molecule has 1 aromatic heterocycles. The van der Waals surface area contributed by atoms with Crippen molar-refractivity contribution in [3.63, 3.8) is 0 Å². The van der Waals surface area contributed by atoms with Crippen molar-refractivity contribution in [1.82, 2.24) is 14.3 Å². The number of hydrogen-bond acceptors (Lipinski definition) is 2. The van der Waals surface area contributed by atoms with Gasteiger partial charge in [0, 0.05) is 13.6 Å². The number of rotatable bonds is 2. The van der Waals surface area contributed by atoms with Crippen molar-refractivity contribution in [1.29, 1.82) is 0 Å². The summed E-state index contributed by atoms with van der Waals surface area (Å²) in [6, 6.07) is 0. The van der Waals surface area contributed by atoms with E-state index in [0.29, 0.717) is 0 Å². The van der Waals surface area contributed by atoms with E-state index in [0.717, 1.165) is 13.0 Å². The Bertz CT molecular complexity index is 329. The van der Waals surface area contributed by atoms with Gasteiger partial charge in [-0.05, 0) is 11.8 Å². The number of hydrogen-bond donors (Lipinski definition) is 0. The lowest BCUT2D eigenvalue weighted by Crippen LogP contribution is -2.24. The molecule has 0 spiro atoms.